The predicted molar refractivity (Wildman–Crippen MR) is 113 cm³/mol. The molecule has 4 aromatic rings. The third kappa shape index (κ3) is 3.03. The van der Waals surface area contributed by atoms with Crippen molar-refractivity contribution in [3.63, 3.8) is 0 Å². The molecule has 0 radical (unpaired) electrons. The fourth-order valence-electron chi connectivity index (χ4n) is 3.70. The van der Waals surface area contributed by atoms with Crippen molar-refractivity contribution in [2.75, 3.05) is 13.6 Å². The summed E-state index contributed by atoms with van der Waals surface area (Å²) in [6.07, 6.45) is 3.80. The Hall–Kier alpha value is -2.89. The number of likely N-dealkylation sites (N-methyl/N-ethyl adjacent to an activating group) is 1. The molecule has 0 unspecified atom stereocenters. The lowest BCUT2D eigenvalue weighted by Crippen LogP contribution is -2.16. The smallest absolute Gasteiger partial charge is 0.133 e. The van der Waals surface area contributed by atoms with E-state index in [0.717, 1.165) is 29.8 Å². The normalized spacial score (nSPS) is 14.6. The lowest BCUT2D eigenvalue weighted by molar-refractivity contribution is 0.365. The quantitative estimate of drug-likeness (QED) is 0.463. The second-order valence-corrected chi connectivity index (χ2v) is 8.14. The van der Waals surface area contributed by atoms with Crippen LogP contribution in [-0.4, -0.2) is 28.7 Å². The summed E-state index contributed by atoms with van der Waals surface area (Å²) in [5.41, 5.74) is 4.22. The highest BCUT2D eigenvalue weighted by Gasteiger charge is 2.21. The number of nitrogens with zero attached hydrogens (tertiary/aromatic N) is 3. The Morgan fingerprint density at radius 1 is 1.04 bits per heavy atom. The topological polar surface area (TPSA) is 29.0 Å². The SMILES string of the molecule is CN1CC=C(c2cc3ccccc3s2)c2cc(F)c(-c3cccnn3)cc2C1. The van der Waals surface area contributed by atoms with Gasteiger partial charge in [0.1, 0.15) is 5.82 Å². The number of halogens is 1. The number of fused-ring (bicyclic) bond motifs is 2. The zero-order chi connectivity index (χ0) is 19.1. The van der Waals surface area contributed by atoms with Gasteiger partial charge in [-0.2, -0.15) is 10.2 Å². The summed E-state index contributed by atoms with van der Waals surface area (Å²) in [5.74, 6) is -0.268. The molecule has 0 saturated heterocycles. The fourth-order valence-corrected chi connectivity index (χ4v) is 4.82. The van der Waals surface area contributed by atoms with Crippen molar-refractivity contribution in [2.24, 2.45) is 0 Å². The van der Waals surface area contributed by atoms with Crippen molar-refractivity contribution in [3.05, 3.63) is 88.7 Å². The average Bonchev–Trinajstić information content (AvgIpc) is 3.07. The molecule has 1 aliphatic rings. The molecule has 0 saturated carbocycles. The van der Waals surface area contributed by atoms with Crippen LogP contribution in [0.1, 0.15) is 16.0 Å². The molecule has 3 heterocycles. The van der Waals surface area contributed by atoms with E-state index in [2.05, 4.69) is 58.6 Å². The summed E-state index contributed by atoms with van der Waals surface area (Å²) >= 11 is 1.75. The summed E-state index contributed by atoms with van der Waals surface area (Å²) in [6, 6.07) is 17.7. The molecule has 0 atom stereocenters. The summed E-state index contributed by atoms with van der Waals surface area (Å²) in [7, 11) is 2.08. The number of hydrogen-bond acceptors (Lipinski definition) is 4. The highest BCUT2D eigenvalue weighted by molar-refractivity contribution is 7.20. The van der Waals surface area contributed by atoms with Gasteiger partial charge in [0.15, 0.2) is 0 Å². The summed E-state index contributed by atoms with van der Waals surface area (Å²) in [5, 5.41) is 9.21. The van der Waals surface area contributed by atoms with Crippen molar-refractivity contribution >= 4 is 27.0 Å². The van der Waals surface area contributed by atoms with Crippen LogP contribution in [0.4, 0.5) is 4.39 Å². The van der Waals surface area contributed by atoms with E-state index in [9.17, 15) is 0 Å². The molecule has 0 fully saturated rings. The van der Waals surface area contributed by atoms with Crippen LogP contribution >= 0.6 is 11.3 Å². The lowest BCUT2D eigenvalue weighted by Gasteiger charge is -2.15. The molecular formula is C23H18FN3S. The molecular weight excluding hydrogens is 369 g/mol. The third-order valence-electron chi connectivity index (χ3n) is 5.07. The minimum absolute atomic E-state index is 0.268. The Balaban J connectivity index is 1.68. The van der Waals surface area contributed by atoms with Crippen molar-refractivity contribution in [1.82, 2.24) is 15.1 Å². The van der Waals surface area contributed by atoms with E-state index in [1.807, 2.05) is 6.07 Å². The van der Waals surface area contributed by atoms with Gasteiger partial charge in [0.25, 0.3) is 0 Å². The molecule has 0 spiro atoms. The first-order valence-corrected chi connectivity index (χ1v) is 9.99. The van der Waals surface area contributed by atoms with Gasteiger partial charge >= 0.3 is 0 Å². The maximum atomic E-state index is 15.1. The largest absolute Gasteiger partial charge is 0.298 e. The average molecular weight is 387 g/mol. The van der Waals surface area contributed by atoms with E-state index in [1.54, 1.807) is 35.7 Å². The second-order valence-electron chi connectivity index (χ2n) is 7.06. The summed E-state index contributed by atoms with van der Waals surface area (Å²) < 4.78 is 16.3. The van der Waals surface area contributed by atoms with E-state index in [0.29, 0.717) is 11.3 Å². The summed E-state index contributed by atoms with van der Waals surface area (Å²) in [6.45, 7) is 1.58. The molecule has 0 N–H and O–H groups in total. The highest BCUT2D eigenvalue weighted by Crippen LogP contribution is 2.38. The molecule has 5 heteroatoms. The van der Waals surface area contributed by atoms with Crippen LogP contribution in [0.3, 0.4) is 0 Å². The number of hydrogen-bond donors (Lipinski definition) is 0. The van der Waals surface area contributed by atoms with Gasteiger partial charge in [-0.15, -0.1) is 11.3 Å². The molecule has 0 bridgehead atoms. The molecule has 2 aromatic carbocycles. The van der Waals surface area contributed by atoms with Gasteiger partial charge in [0.2, 0.25) is 0 Å². The van der Waals surface area contributed by atoms with Crippen LogP contribution in [0.25, 0.3) is 26.9 Å². The van der Waals surface area contributed by atoms with Crippen LogP contribution in [0.15, 0.2) is 66.9 Å². The number of aromatic nitrogens is 2. The van der Waals surface area contributed by atoms with Gasteiger partial charge < -0.3 is 0 Å². The van der Waals surface area contributed by atoms with E-state index >= 15 is 4.39 Å². The van der Waals surface area contributed by atoms with Crippen molar-refractivity contribution < 1.29 is 4.39 Å². The minimum Gasteiger partial charge on any atom is -0.298 e. The maximum absolute atomic E-state index is 15.1. The molecule has 2 aromatic heterocycles. The van der Waals surface area contributed by atoms with Gasteiger partial charge in [-0.3, -0.25) is 4.90 Å². The molecule has 28 heavy (non-hydrogen) atoms. The minimum atomic E-state index is -0.268. The molecule has 0 amide bonds. The third-order valence-corrected chi connectivity index (χ3v) is 6.22. The van der Waals surface area contributed by atoms with Gasteiger partial charge in [0.05, 0.1) is 5.69 Å². The van der Waals surface area contributed by atoms with Crippen molar-refractivity contribution in [1.29, 1.82) is 0 Å². The molecule has 1 aliphatic heterocycles. The van der Waals surface area contributed by atoms with Crippen LogP contribution in [0.5, 0.6) is 0 Å². The van der Waals surface area contributed by atoms with E-state index in [4.69, 9.17) is 0 Å². The number of rotatable bonds is 2. The zero-order valence-corrected chi connectivity index (χ0v) is 16.2. The van der Waals surface area contributed by atoms with Crippen molar-refractivity contribution in [2.45, 2.75) is 6.54 Å². The fraction of sp³-hybridized carbons (Fsp3) is 0.130. The van der Waals surface area contributed by atoms with Crippen molar-refractivity contribution in [3.8, 4) is 11.3 Å². The molecule has 5 rings (SSSR count). The highest BCUT2D eigenvalue weighted by atomic mass is 32.1. The van der Waals surface area contributed by atoms with Crippen LogP contribution in [0, 0.1) is 5.82 Å². The van der Waals surface area contributed by atoms with Gasteiger partial charge in [-0.05, 0) is 65.5 Å². The molecule has 138 valence electrons. The molecule has 3 nitrogen and oxygen atoms in total. The Bertz CT molecular complexity index is 1160. The van der Waals surface area contributed by atoms with E-state index < -0.39 is 0 Å². The second kappa shape index (κ2) is 6.93. The van der Waals surface area contributed by atoms with Crippen LogP contribution < -0.4 is 0 Å². The Kier molecular flexibility index (Phi) is 4.26. The first-order valence-electron chi connectivity index (χ1n) is 9.17. The summed E-state index contributed by atoms with van der Waals surface area (Å²) in [4.78, 5) is 3.40. The van der Waals surface area contributed by atoms with Gasteiger partial charge in [-0.1, -0.05) is 24.3 Å². The zero-order valence-electron chi connectivity index (χ0n) is 15.4. The first kappa shape index (κ1) is 17.2. The Morgan fingerprint density at radius 2 is 1.93 bits per heavy atom. The number of benzene rings is 2. The number of thiophene rings is 1. The maximum Gasteiger partial charge on any atom is 0.133 e. The van der Waals surface area contributed by atoms with Gasteiger partial charge in [0, 0.05) is 34.4 Å². The van der Waals surface area contributed by atoms with E-state index in [-0.39, 0.29) is 5.82 Å². The lowest BCUT2D eigenvalue weighted by atomic mass is 9.95. The Morgan fingerprint density at radius 3 is 2.75 bits per heavy atom. The predicted octanol–water partition coefficient (Wildman–Crippen LogP) is 5.37. The Labute approximate surface area is 166 Å². The van der Waals surface area contributed by atoms with Crippen LogP contribution in [-0.2, 0) is 6.54 Å². The van der Waals surface area contributed by atoms with Gasteiger partial charge in [-0.25, -0.2) is 4.39 Å². The van der Waals surface area contributed by atoms with E-state index in [1.165, 1.54) is 15.0 Å². The van der Waals surface area contributed by atoms with Crippen LogP contribution in [0.2, 0.25) is 0 Å². The molecule has 0 aliphatic carbocycles. The standard InChI is InChI=1S/C23H18FN3S/c1-27-10-8-17(23-12-15-5-2-3-7-22(15)28-23)18-13-20(24)19(11-16(18)14-27)21-6-4-9-25-26-21/h2-9,11-13H,10,14H2,1H3. The monoisotopic (exact) mass is 387 g/mol. The first-order chi connectivity index (χ1) is 13.7.